The molecule has 0 aliphatic rings. The summed E-state index contributed by atoms with van der Waals surface area (Å²) in [4.78, 5) is 0. The van der Waals surface area contributed by atoms with E-state index in [-0.39, 0.29) is 12.4 Å². The van der Waals surface area contributed by atoms with Crippen molar-refractivity contribution in [2.45, 2.75) is 6.42 Å². The van der Waals surface area contributed by atoms with Crippen LogP contribution in [0.5, 0.6) is 11.5 Å². The van der Waals surface area contributed by atoms with Crippen molar-refractivity contribution in [2.24, 2.45) is 5.73 Å². The lowest BCUT2D eigenvalue weighted by atomic mass is 10.1. The zero-order valence-corrected chi connectivity index (χ0v) is 7.64. The van der Waals surface area contributed by atoms with Gasteiger partial charge in [-0.1, -0.05) is 6.07 Å². The first-order chi connectivity index (χ1) is 5.66. The molecule has 0 amide bonds. The predicted octanol–water partition coefficient (Wildman–Crippen LogP) is 1.16. The normalized spacial score (nSPS) is 9.38. The van der Waals surface area contributed by atoms with Crippen LogP contribution in [0.3, 0.4) is 0 Å². The number of hydrogen-bond donors (Lipinski definition) is 3. The maximum absolute atomic E-state index is 13.0. The second kappa shape index (κ2) is 4.89. The van der Waals surface area contributed by atoms with Crippen LogP contribution in [0.4, 0.5) is 4.39 Å². The fourth-order valence-corrected chi connectivity index (χ4v) is 0.945. The van der Waals surface area contributed by atoms with Crippen LogP contribution in [0.25, 0.3) is 0 Å². The predicted molar refractivity (Wildman–Crippen MR) is 49.7 cm³/mol. The Hall–Kier alpha value is -1.00. The lowest BCUT2D eigenvalue weighted by molar-refractivity contribution is 0.376. The third-order valence-electron chi connectivity index (χ3n) is 1.59. The Labute approximate surface area is 81.4 Å². The van der Waals surface area contributed by atoms with Gasteiger partial charge in [0.2, 0.25) is 0 Å². The van der Waals surface area contributed by atoms with E-state index in [4.69, 9.17) is 15.9 Å². The van der Waals surface area contributed by atoms with E-state index < -0.39 is 17.3 Å². The fourth-order valence-electron chi connectivity index (χ4n) is 0.945. The zero-order chi connectivity index (χ0) is 9.14. The largest absolute Gasteiger partial charge is 0.504 e. The molecule has 0 saturated carbocycles. The van der Waals surface area contributed by atoms with E-state index in [1.807, 2.05) is 0 Å². The highest BCUT2D eigenvalue weighted by Gasteiger charge is 2.10. The van der Waals surface area contributed by atoms with Crippen LogP contribution < -0.4 is 5.73 Å². The van der Waals surface area contributed by atoms with Gasteiger partial charge in [-0.05, 0) is 24.6 Å². The van der Waals surface area contributed by atoms with E-state index in [1.54, 1.807) is 0 Å². The van der Waals surface area contributed by atoms with Crippen LogP contribution in [-0.2, 0) is 6.42 Å². The van der Waals surface area contributed by atoms with E-state index in [9.17, 15) is 4.39 Å². The summed E-state index contributed by atoms with van der Waals surface area (Å²) in [6.07, 6.45) is 0.347. The van der Waals surface area contributed by atoms with E-state index in [1.165, 1.54) is 12.1 Å². The molecule has 1 rings (SSSR count). The molecule has 1 aromatic carbocycles. The topological polar surface area (TPSA) is 66.5 Å². The van der Waals surface area contributed by atoms with Gasteiger partial charge in [-0.25, -0.2) is 4.39 Å². The molecule has 0 saturated heterocycles. The molecule has 0 unspecified atom stereocenters. The number of phenols is 2. The van der Waals surface area contributed by atoms with E-state index in [0.29, 0.717) is 18.5 Å². The third kappa shape index (κ3) is 2.47. The summed E-state index contributed by atoms with van der Waals surface area (Å²) < 4.78 is 13.0. The Morgan fingerprint density at radius 1 is 1.31 bits per heavy atom. The first kappa shape index (κ1) is 12.0. The average Bonchev–Trinajstić information content (AvgIpc) is 2.07. The number of hydrogen-bond acceptors (Lipinski definition) is 3. The molecule has 0 fully saturated rings. The Kier molecular flexibility index (Phi) is 4.51. The highest BCUT2D eigenvalue weighted by atomic mass is 35.5. The molecule has 0 aromatic heterocycles. The minimum atomic E-state index is -0.791. The zero-order valence-electron chi connectivity index (χ0n) is 6.83. The second-order valence-corrected chi connectivity index (χ2v) is 2.45. The smallest absolute Gasteiger partial charge is 0.194 e. The van der Waals surface area contributed by atoms with Crippen LogP contribution >= 0.6 is 12.4 Å². The number of benzene rings is 1. The summed E-state index contributed by atoms with van der Waals surface area (Å²) in [5.74, 6) is -1.95. The molecule has 0 aliphatic carbocycles. The number of rotatable bonds is 2. The minimum absolute atomic E-state index is 0. The number of phenolic OH excluding ortho intramolecular Hbond substituents is 2. The molecular weight excluding hydrogens is 197 g/mol. The van der Waals surface area contributed by atoms with Crippen molar-refractivity contribution in [3.63, 3.8) is 0 Å². The molecule has 0 spiro atoms. The summed E-state index contributed by atoms with van der Waals surface area (Å²) in [6, 6.07) is 2.64. The molecule has 5 heteroatoms. The van der Waals surface area contributed by atoms with Crippen LogP contribution in [0.15, 0.2) is 12.1 Å². The van der Waals surface area contributed by atoms with Gasteiger partial charge in [-0.3, -0.25) is 0 Å². The molecule has 1 aromatic rings. The monoisotopic (exact) mass is 207 g/mol. The van der Waals surface area contributed by atoms with E-state index in [0.717, 1.165) is 0 Å². The van der Waals surface area contributed by atoms with Crippen molar-refractivity contribution in [1.29, 1.82) is 0 Å². The van der Waals surface area contributed by atoms with Crippen molar-refractivity contribution in [1.82, 2.24) is 0 Å². The number of nitrogens with two attached hydrogens (primary N) is 1. The number of aromatic hydroxyl groups is 2. The second-order valence-electron chi connectivity index (χ2n) is 2.45. The standard InChI is InChI=1S/C8H10FNO2.ClH/c9-7-5(3-4-10)1-2-6(11)8(7)12;/h1-2,11-12H,3-4,10H2;1H. The molecular formula is C8H11ClFNO2. The molecule has 0 bridgehead atoms. The van der Waals surface area contributed by atoms with Crippen LogP contribution in [-0.4, -0.2) is 16.8 Å². The lowest BCUT2D eigenvalue weighted by Gasteiger charge is -2.03. The Bertz CT molecular complexity index is 294. The summed E-state index contributed by atoms with van der Waals surface area (Å²) in [5, 5.41) is 17.8. The highest BCUT2D eigenvalue weighted by molar-refractivity contribution is 5.85. The van der Waals surface area contributed by atoms with Gasteiger partial charge in [-0.2, -0.15) is 0 Å². The first-order valence-electron chi connectivity index (χ1n) is 3.56. The van der Waals surface area contributed by atoms with Gasteiger partial charge in [0.25, 0.3) is 0 Å². The molecule has 0 radical (unpaired) electrons. The summed E-state index contributed by atoms with van der Waals surface area (Å²) in [7, 11) is 0. The molecule has 3 nitrogen and oxygen atoms in total. The maximum Gasteiger partial charge on any atom is 0.194 e. The van der Waals surface area contributed by atoms with Crippen molar-refractivity contribution in [3.05, 3.63) is 23.5 Å². The highest BCUT2D eigenvalue weighted by Crippen LogP contribution is 2.29. The quantitative estimate of drug-likeness (QED) is 0.638. The van der Waals surface area contributed by atoms with Gasteiger partial charge in [-0.15, -0.1) is 12.4 Å². The van der Waals surface area contributed by atoms with Crippen molar-refractivity contribution < 1.29 is 14.6 Å². The Balaban J connectivity index is 0.00000144. The molecule has 74 valence electrons. The van der Waals surface area contributed by atoms with Crippen molar-refractivity contribution in [2.75, 3.05) is 6.54 Å². The van der Waals surface area contributed by atoms with E-state index in [2.05, 4.69) is 0 Å². The molecule has 0 aliphatic heterocycles. The van der Waals surface area contributed by atoms with Crippen LogP contribution in [0.2, 0.25) is 0 Å². The van der Waals surface area contributed by atoms with Gasteiger partial charge in [0.05, 0.1) is 0 Å². The minimum Gasteiger partial charge on any atom is -0.504 e. The molecule has 0 atom stereocenters. The summed E-state index contributed by atoms with van der Waals surface area (Å²) in [6.45, 7) is 0.307. The van der Waals surface area contributed by atoms with Gasteiger partial charge in [0.1, 0.15) is 0 Å². The van der Waals surface area contributed by atoms with Gasteiger partial charge in [0.15, 0.2) is 17.3 Å². The van der Waals surface area contributed by atoms with Crippen molar-refractivity contribution >= 4 is 12.4 Å². The molecule has 4 N–H and O–H groups in total. The number of halogens is 2. The SMILES string of the molecule is Cl.NCCc1ccc(O)c(O)c1F. The molecule has 0 heterocycles. The van der Waals surface area contributed by atoms with Crippen LogP contribution in [0, 0.1) is 5.82 Å². The Morgan fingerprint density at radius 2 is 1.92 bits per heavy atom. The average molecular weight is 208 g/mol. The Morgan fingerprint density at radius 3 is 2.46 bits per heavy atom. The first-order valence-corrected chi connectivity index (χ1v) is 3.56. The van der Waals surface area contributed by atoms with Gasteiger partial charge >= 0.3 is 0 Å². The summed E-state index contributed by atoms with van der Waals surface area (Å²) in [5.41, 5.74) is 5.52. The third-order valence-corrected chi connectivity index (χ3v) is 1.59. The van der Waals surface area contributed by atoms with Crippen LogP contribution in [0.1, 0.15) is 5.56 Å². The van der Waals surface area contributed by atoms with Gasteiger partial charge < -0.3 is 15.9 Å². The fraction of sp³-hybridized carbons (Fsp3) is 0.250. The van der Waals surface area contributed by atoms with Gasteiger partial charge in [0, 0.05) is 0 Å². The summed E-state index contributed by atoms with van der Waals surface area (Å²) >= 11 is 0. The van der Waals surface area contributed by atoms with Crippen molar-refractivity contribution in [3.8, 4) is 11.5 Å². The maximum atomic E-state index is 13.0. The van der Waals surface area contributed by atoms with E-state index >= 15 is 0 Å². The lowest BCUT2D eigenvalue weighted by Crippen LogP contribution is -2.04. The molecule has 13 heavy (non-hydrogen) atoms.